The van der Waals surface area contributed by atoms with E-state index in [-0.39, 0.29) is 0 Å². The Hall–Kier alpha value is -3.66. The Bertz CT molecular complexity index is 1050. The van der Waals surface area contributed by atoms with Crippen LogP contribution in [0.2, 0.25) is 0 Å². The van der Waals surface area contributed by atoms with E-state index in [1.54, 1.807) is 0 Å². The van der Waals surface area contributed by atoms with Crippen molar-refractivity contribution in [2.75, 3.05) is 26.4 Å². The van der Waals surface area contributed by atoms with Crippen LogP contribution in [0.15, 0.2) is 84.9 Å². The highest BCUT2D eigenvalue weighted by atomic mass is 16.5. The maximum Gasteiger partial charge on any atom is 0.130 e. The summed E-state index contributed by atoms with van der Waals surface area (Å²) in [4.78, 5) is 0. The second-order valence-corrected chi connectivity index (χ2v) is 7.47. The fourth-order valence-electron chi connectivity index (χ4n) is 3.64. The molecular weight excluding hydrogens is 400 g/mol. The molecule has 0 bridgehead atoms. The standard InChI is InChI=1S/C28H28O4/c1-21-22(2)28(32-20-18-30-24-13-7-4-8-14-24)26-16-10-9-15-25(26)27(21)31-19-17-29-23-11-5-3-6-12-23/h3-16H,17-20H2,1-2H3. The van der Waals surface area contributed by atoms with Gasteiger partial charge in [0, 0.05) is 10.8 Å². The van der Waals surface area contributed by atoms with Crippen molar-refractivity contribution in [2.24, 2.45) is 0 Å². The van der Waals surface area contributed by atoms with Crippen molar-refractivity contribution in [1.29, 1.82) is 0 Å². The monoisotopic (exact) mass is 428 g/mol. The lowest BCUT2D eigenvalue weighted by molar-refractivity contribution is 0.214. The molecule has 4 nitrogen and oxygen atoms in total. The van der Waals surface area contributed by atoms with Gasteiger partial charge < -0.3 is 18.9 Å². The minimum absolute atomic E-state index is 0.463. The van der Waals surface area contributed by atoms with Gasteiger partial charge in [-0.25, -0.2) is 0 Å². The summed E-state index contributed by atoms with van der Waals surface area (Å²) >= 11 is 0. The van der Waals surface area contributed by atoms with Crippen molar-refractivity contribution < 1.29 is 18.9 Å². The first-order valence-electron chi connectivity index (χ1n) is 10.9. The molecule has 0 spiro atoms. The van der Waals surface area contributed by atoms with Gasteiger partial charge in [0.1, 0.15) is 49.4 Å². The van der Waals surface area contributed by atoms with Crippen molar-refractivity contribution in [2.45, 2.75) is 13.8 Å². The Balaban J connectivity index is 1.44. The van der Waals surface area contributed by atoms with Gasteiger partial charge in [0.15, 0.2) is 0 Å². The number of hydrogen-bond acceptors (Lipinski definition) is 4. The smallest absolute Gasteiger partial charge is 0.130 e. The third-order valence-corrected chi connectivity index (χ3v) is 5.34. The van der Waals surface area contributed by atoms with Crippen LogP contribution in [-0.2, 0) is 0 Å². The van der Waals surface area contributed by atoms with Crippen LogP contribution in [0.4, 0.5) is 0 Å². The number of ether oxygens (including phenoxy) is 4. The summed E-state index contributed by atoms with van der Waals surface area (Å²) in [6.45, 7) is 6.03. The number of rotatable bonds is 10. The Morgan fingerprint density at radius 3 is 1.19 bits per heavy atom. The average Bonchev–Trinajstić information content (AvgIpc) is 2.84. The summed E-state index contributed by atoms with van der Waals surface area (Å²) in [7, 11) is 0. The molecule has 0 N–H and O–H groups in total. The molecule has 0 aliphatic heterocycles. The SMILES string of the molecule is Cc1c(C)c(OCCOc2ccccc2)c2ccccc2c1OCCOc1ccccc1. The van der Waals surface area contributed by atoms with Crippen LogP contribution in [-0.4, -0.2) is 26.4 Å². The van der Waals surface area contributed by atoms with Crippen molar-refractivity contribution in [3.63, 3.8) is 0 Å². The van der Waals surface area contributed by atoms with Crippen LogP contribution in [0.1, 0.15) is 11.1 Å². The second-order valence-electron chi connectivity index (χ2n) is 7.47. The Morgan fingerprint density at radius 2 is 0.781 bits per heavy atom. The molecule has 0 heterocycles. The molecule has 4 aromatic rings. The van der Waals surface area contributed by atoms with Gasteiger partial charge in [0.2, 0.25) is 0 Å². The van der Waals surface area contributed by atoms with Gasteiger partial charge in [-0.15, -0.1) is 0 Å². The van der Waals surface area contributed by atoms with Gasteiger partial charge in [-0.05, 0) is 49.2 Å². The molecule has 0 amide bonds. The molecule has 0 aliphatic rings. The summed E-state index contributed by atoms with van der Waals surface area (Å²) in [6, 6.07) is 27.7. The minimum atomic E-state index is 0.463. The van der Waals surface area contributed by atoms with Gasteiger partial charge in [-0.1, -0.05) is 60.7 Å². The minimum Gasteiger partial charge on any atom is -0.490 e. The maximum atomic E-state index is 6.19. The molecule has 0 fully saturated rings. The Morgan fingerprint density at radius 1 is 0.438 bits per heavy atom. The van der Waals surface area contributed by atoms with E-state index in [1.807, 2.05) is 72.8 Å². The van der Waals surface area contributed by atoms with Gasteiger partial charge in [-0.2, -0.15) is 0 Å². The Labute approximate surface area is 189 Å². The Kier molecular flexibility index (Phi) is 7.13. The van der Waals surface area contributed by atoms with Crippen molar-refractivity contribution in [3.05, 3.63) is 96.1 Å². The summed E-state index contributed by atoms with van der Waals surface area (Å²) in [5.74, 6) is 3.44. The average molecular weight is 429 g/mol. The van der Waals surface area contributed by atoms with Crippen molar-refractivity contribution in [3.8, 4) is 23.0 Å². The molecule has 32 heavy (non-hydrogen) atoms. The summed E-state index contributed by atoms with van der Waals surface area (Å²) < 4.78 is 23.9. The molecular formula is C28H28O4. The van der Waals surface area contributed by atoms with Crippen LogP contribution < -0.4 is 18.9 Å². The van der Waals surface area contributed by atoms with Crippen molar-refractivity contribution in [1.82, 2.24) is 0 Å². The number of para-hydroxylation sites is 2. The molecule has 0 atom stereocenters. The zero-order chi connectivity index (χ0) is 22.2. The van der Waals surface area contributed by atoms with Crippen LogP contribution in [0, 0.1) is 13.8 Å². The van der Waals surface area contributed by atoms with Crippen LogP contribution in [0.3, 0.4) is 0 Å². The zero-order valence-corrected chi connectivity index (χ0v) is 18.5. The molecule has 0 radical (unpaired) electrons. The summed E-state index contributed by atoms with van der Waals surface area (Å²) in [6.07, 6.45) is 0. The quantitative estimate of drug-likeness (QED) is 0.275. The van der Waals surface area contributed by atoms with Gasteiger partial charge in [-0.3, -0.25) is 0 Å². The second kappa shape index (κ2) is 10.6. The molecule has 0 saturated heterocycles. The van der Waals surface area contributed by atoms with E-state index in [2.05, 4.69) is 26.0 Å². The first kappa shape index (κ1) is 21.6. The first-order chi connectivity index (χ1) is 15.7. The van der Waals surface area contributed by atoms with Gasteiger partial charge in [0.05, 0.1) is 0 Å². The topological polar surface area (TPSA) is 36.9 Å². The number of fused-ring (bicyclic) bond motifs is 1. The largest absolute Gasteiger partial charge is 0.490 e. The maximum absolute atomic E-state index is 6.19. The summed E-state index contributed by atoms with van der Waals surface area (Å²) in [5.41, 5.74) is 2.14. The molecule has 0 saturated carbocycles. The fourth-order valence-corrected chi connectivity index (χ4v) is 3.64. The predicted molar refractivity (Wildman–Crippen MR) is 128 cm³/mol. The molecule has 4 heteroatoms. The van der Waals surface area contributed by atoms with E-state index >= 15 is 0 Å². The first-order valence-corrected chi connectivity index (χ1v) is 10.9. The van der Waals surface area contributed by atoms with Crippen LogP contribution >= 0.6 is 0 Å². The molecule has 4 rings (SSSR count). The highest BCUT2D eigenvalue weighted by molar-refractivity contribution is 5.95. The molecule has 164 valence electrons. The van der Waals surface area contributed by atoms with E-state index in [4.69, 9.17) is 18.9 Å². The number of hydrogen-bond donors (Lipinski definition) is 0. The van der Waals surface area contributed by atoms with E-state index in [0.29, 0.717) is 26.4 Å². The molecule has 0 unspecified atom stereocenters. The predicted octanol–water partition coefficient (Wildman–Crippen LogP) is 6.37. The van der Waals surface area contributed by atoms with Crippen molar-refractivity contribution >= 4 is 10.8 Å². The fraction of sp³-hybridized carbons (Fsp3) is 0.214. The zero-order valence-electron chi connectivity index (χ0n) is 18.5. The van der Waals surface area contributed by atoms with E-state index in [9.17, 15) is 0 Å². The lowest BCUT2D eigenvalue weighted by atomic mass is 9.99. The normalized spacial score (nSPS) is 10.7. The van der Waals surface area contributed by atoms with E-state index in [0.717, 1.165) is 44.9 Å². The third kappa shape index (κ3) is 5.14. The molecule has 0 aliphatic carbocycles. The lowest BCUT2D eigenvalue weighted by Crippen LogP contribution is -2.12. The number of benzene rings is 4. The lowest BCUT2D eigenvalue weighted by Gasteiger charge is -2.19. The van der Waals surface area contributed by atoms with Crippen LogP contribution in [0.5, 0.6) is 23.0 Å². The van der Waals surface area contributed by atoms with E-state index in [1.165, 1.54) is 0 Å². The van der Waals surface area contributed by atoms with Crippen LogP contribution in [0.25, 0.3) is 10.8 Å². The highest BCUT2D eigenvalue weighted by Gasteiger charge is 2.16. The van der Waals surface area contributed by atoms with E-state index < -0.39 is 0 Å². The summed E-state index contributed by atoms with van der Waals surface area (Å²) in [5, 5.41) is 2.07. The third-order valence-electron chi connectivity index (χ3n) is 5.34. The van der Waals surface area contributed by atoms with Gasteiger partial charge >= 0.3 is 0 Å². The van der Waals surface area contributed by atoms with Gasteiger partial charge in [0.25, 0.3) is 0 Å². The molecule has 4 aromatic carbocycles. The molecule has 0 aromatic heterocycles. The highest BCUT2D eigenvalue weighted by Crippen LogP contribution is 2.40.